The minimum Gasteiger partial charge on any atom is -0.433 e. The molecular formula is C11H7F10NO. The lowest BCUT2D eigenvalue weighted by molar-refractivity contribution is -0.349. The van der Waals surface area contributed by atoms with Crippen LogP contribution in [0.25, 0.3) is 0 Å². The summed E-state index contributed by atoms with van der Waals surface area (Å²) in [6.45, 7) is -3.60. The molecule has 1 unspecified atom stereocenters. The van der Waals surface area contributed by atoms with E-state index in [1.807, 2.05) is 0 Å². The van der Waals surface area contributed by atoms with Crippen LogP contribution in [0.4, 0.5) is 49.6 Å². The Morgan fingerprint density at radius 1 is 0.913 bits per heavy atom. The molecule has 0 heterocycles. The molecule has 2 N–H and O–H groups in total. The molecule has 1 atom stereocenters. The second-order valence-corrected chi connectivity index (χ2v) is 4.22. The first-order chi connectivity index (χ1) is 10.2. The number of halogens is 10. The lowest BCUT2D eigenvalue weighted by Crippen LogP contribution is -2.56. The van der Waals surface area contributed by atoms with Crippen molar-refractivity contribution in [2.75, 3.05) is 5.73 Å². The van der Waals surface area contributed by atoms with E-state index in [4.69, 9.17) is 5.73 Å². The van der Waals surface area contributed by atoms with Gasteiger partial charge in [-0.05, 0) is 12.1 Å². The van der Waals surface area contributed by atoms with Crippen LogP contribution in [-0.2, 0) is 5.67 Å². The fourth-order valence-corrected chi connectivity index (χ4v) is 1.61. The van der Waals surface area contributed by atoms with E-state index in [2.05, 4.69) is 4.74 Å². The highest BCUT2D eigenvalue weighted by atomic mass is 19.4. The highest BCUT2D eigenvalue weighted by molar-refractivity contribution is 5.55. The summed E-state index contributed by atoms with van der Waals surface area (Å²) in [6, 6.07) is 0.322. The quantitative estimate of drug-likeness (QED) is 0.621. The summed E-state index contributed by atoms with van der Waals surface area (Å²) in [4.78, 5) is 0. The lowest BCUT2D eigenvalue weighted by atomic mass is 9.88. The molecule has 0 bridgehead atoms. The van der Waals surface area contributed by atoms with Gasteiger partial charge in [0.25, 0.3) is 12.1 Å². The van der Waals surface area contributed by atoms with Crippen molar-refractivity contribution in [3.63, 3.8) is 0 Å². The molecule has 0 saturated carbocycles. The first-order valence-corrected chi connectivity index (χ1v) is 5.51. The number of nitrogens with two attached hydrogens (primary N) is 1. The number of hydrogen-bond acceptors (Lipinski definition) is 2. The third-order valence-corrected chi connectivity index (χ3v) is 2.76. The molecule has 23 heavy (non-hydrogen) atoms. The van der Waals surface area contributed by atoms with Gasteiger partial charge in [0.2, 0.25) is 0 Å². The molecular weight excluding hydrogens is 352 g/mol. The van der Waals surface area contributed by atoms with Crippen LogP contribution < -0.4 is 10.5 Å². The Hall–Kier alpha value is -1.88. The molecule has 1 rings (SSSR count). The van der Waals surface area contributed by atoms with Gasteiger partial charge in [0.15, 0.2) is 0 Å². The molecule has 2 nitrogen and oxygen atoms in total. The molecule has 0 radical (unpaired) electrons. The van der Waals surface area contributed by atoms with Crippen LogP contribution in [-0.4, -0.2) is 25.1 Å². The zero-order valence-corrected chi connectivity index (χ0v) is 10.7. The summed E-state index contributed by atoms with van der Waals surface area (Å²) < 4.78 is 131. The standard InChI is InChI=1S/C11H7F10NO/c12-7(13)9(16,10(17,18)11(19,20)21)4-1-2-5(22)6(3-4)23-8(14)15/h1-3,7-8H,22H2. The van der Waals surface area contributed by atoms with E-state index in [1.165, 1.54) is 0 Å². The number of anilines is 1. The first kappa shape index (κ1) is 19.2. The Balaban J connectivity index is 3.54. The fourth-order valence-electron chi connectivity index (χ4n) is 1.61. The molecule has 0 fully saturated rings. The minimum absolute atomic E-state index is 0.0967. The number of ether oxygens (including phenoxy) is 1. The first-order valence-electron chi connectivity index (χ1n) is 5.51. The Kier molecular flexibility index (Phi) is 4.97. The number of rotatable bonds is 5. The van der Waals surface area contributed by atoms with Crippen molar-refractivity contribution in [2.24, 2.45) is 0 Å². The SMILES string of the molecule is Nc1ccc(C(F)(C(F)F)C(F)(F)C(F)(F)F)cc1OC(F)F. The number of alkyl halides is 10. The van der Waals surface area contributed by atoms with E-state index >= 15 is 0 Å². The second-order valence-electron chi connectivity index (χ2n) is 4.22. The molecule has 0 aromatic heterocycles. The molecule has 0 saturated heterocycles. The molecule has 0 aliphatic carbocycles. The summed E-state index contributed by atoms with van der Waals surface area (Å²) in [6.07, 6.45) is -11.5. The summed E-state index contributed by atoms with van der Waals surface area (Å²) in [5, 5.41) is 0. The van der Waals surface area contributed by atoms with Crippen molar-refractivity contribution < 1.29 is 48.6 Å². The second kappa shape index (κ2) is 5.96. The predicted molar refractivity (Wildman–Crippen MR) is 57.3 cm³/mol. The summed E-state index contributed by atoms with van der Waals surface area (Å²) in [5.41, 5.74) is -3.08. The van der Waals surface area contributed by atoms with E-state index in [0.29, 0.717) is 6.07 Å². The van der Waals surface area contributed by atoms with Crippen LogP contribution in [0.5, 0.6) is 5.75 Å². The van der Waals surface area contributed by atoms with Gasteiger partial charge in [0.05, 0.1) is 5.69 Å². The van der Waals surface area contributed by atoms with E-state index in [9.17, 15) is 43.9 Å². The number of nitrogen functional groups attached to an aromatic ring is 1. The smallest absolute Gasteiger partial charge is 0.433 e. The number of hydrogen-bond donors (Lipinski definition) is 1. The molecule has 132 valence electrons. The zero-order chi connectivity index (χ0) is 18.2. The van der Waals surface area contributed by atoms with Crippen molar-refractivity contribution in [1.82, 2.24) is 0 Å². The molecule has 0 aliphatic heterocycles. The van der Waals surface area contributed by atoms with Gasteiger partial charge in [-0.15, -0.1) is 0 Å². The maximum Gasteiger partial charge on any atom is 0.457 e. The van der Waals surface area contributed by atoms with Gasteiger partial charge in [-0.25, -0.2) is 13.2 Å². The number of benzene rings is 1. The van der Waals surface area contributed by atoms with Gasteiger partial charge < -0.3 is 10.5 Å². The predicted octanol–water partition coefficient (Wildman–Crippen LogP) is 4.50. The van der Waals surface area contributed by atoms with Crippen LogP contribution >= 0.6 is 0 Å². The van der Waals surface area contributed by atoms with Gasteiger partial charge in [-0.3, -0.25) is 0 Å². The maximum atomic E-state index is 14.1. The van der Waals surface area contributed by atoms with Crippen molar-refractivity contribution >= 4 is 5.69 Å². The van der Waals surface area contributed by atoms with Crippen molar-refractivity contribution in [2.45, 2.75) is 30.8 Å². The summed E-state index contributed by atoms with van der Waals surface area (Å²) >= 11 is 0. The minimum atomic E-state index is -6.66. The zero-order valence-electron chi connectivity index (χ0n) is 10.7. The van der Waals surface area contributed by atoms with Gasteiger partial charge in [0.1, 0.15) is 5.75 Å². The van der Waals surface area contributed by atoms with E-state index < -0.39 is 47.8 Å². The average Bonchev–Trinajstić information content (AvgIpc) is 2.38. The van der Waals surface area contributed by atoms with Crippen LogP contribution in [0.2, 0.25) is 0 Å². The largest absolute Gasteiger partial charge is 0.457 e. The van der Waals surface area contributed by atoms with E-state index in [0.717, 1.165) is 0 Å². The van der Waals surface area contributed by atoms with E-state index in [1.54, 1.807) is 0 Å². The Labute approximate surface area is 121 Å². The van der Waals surface area contributed by atoms with Crippen LogP contribution in [0.1, 0.15) is 5.56 Å². The summed E-state index contributed by atoms with van der Waals surface area (Å²) in [5.74, 6) is -7.73. The normalized spacial score (nSPS) is 15.8. The van der Waals surface area contributed by atoms with Crippen molar-refractivity contribution in [3.8, 4) is 5.75 Å². The van der Waals surface area contributed by atoms with Crippen molar-refractivity contribution in [3.05, 3.63) is 23.8 Å². The molecule has 0 amide bonds. The average molecular weight is 359 g/mol. The third kappa shape index (κ3) is 3.24. The third-order valence-electron chi connectivity index (χ3n) is 2.76. The monoisotopic (exact) mass is 359 g/mol. The van der Waals surface area contributed by atoms with E-state index in [-0.39, 0.29) is 12.1 Å². The highest BCUT2D eigenvalue weighted by Gasteiger charge is 2.75. The molecule has 1 aromatic carbocycles. The van der Waals surface area contributed by atoms with Gasteiger partial charge in [-0.1, -0.05) is 6.07 Å². The molecule has 1 aromatic rings. The Morgan fingerprint density at radius 2 is 1.43 bits per heavy atom. The van der Waals surface area contributed by atoms with Crippen LogP contribution in [0.3, 0.4) is 0 Å². The van der Waals surface area contributed by atoms with Crippen LogP contribution in [0, 0.1) is 0 Å². The highest BCUT2D eigenvalue weighted by Crippen LogP contribution is 2.54. The fraction of sp³-hybridized carbons (Fsp3) is 0.455. The summed E-state index contributed by atoms with van der Waals surface area (Å²) in [7, 11) is 0. The Morgan fingerprint density at radius 3 is 1.83 bits per heavy atom. The van der Waals surface area contributed by atoms with Crippen molar-refractivity contribution in [1.29, 1.82) is 0 Å². The Bertz CT molecular complexity index is 558. The van der Waals surface area contributed by atoms with Gasteiger partial charge >= 0.3 is 18.7 Å². The van der Waals surface area contributed by atoms with Gasteiger partial charge in [0, 0.05) is 5.56 Å². The maximum absolute atomic E-state index is 14.1. The molecule has 12 heteroatoms. The topological polar surface area (TPSA) is 35.2 Å². The van der Waals surface area contributed by atoms with Gasteiger partial charge in [-0.2, -0.15) is 30.7 Å². The molecule has 0 spiro atoms. The molecule has 0 aliphatic rings. The van der Waals surface area contributed by atoms with Crippen LogP contribution in [0.15, 0.2) is 18.2 Å². The lowest BCUT2D eigenvalue weighted by Gasteiger charge is -2.34.